The summed E-state index contributed by atoms with van der Waals surface area (Å²) in [5, 5.41) is 41.4. The number of nitrogens with zero attached hydrogens (tertiary/aromatic N) is 1. The molecule has 3 aliphatic heterocycles. The normalized spacial score (nSPS) is 39.2. The van der Waals surface area contributed by atoms with Crippen molar-refractivity contribution in [2.45, 2.75) is 198 Å². The molecule has 0 bridgehead atoms. The number of amides is 2. The topological polar surface area (TPSA) is 230 Å². The molecule has 3 fully saturated rings. The van der Waals surface area contributed by atoms with E-state index < -0.39 is 108 Å². The lowest BCUT2D eigenvalue weighted by Crippen LogP contribution is -2.62. The summed E-state index contributed by atoms with van der Waals surface area (Å²) in [7, 11) is 6.70. The number of rotatable bonds is 16. The molecule has 2 amide bonds. The van der Waals surface area contributed by atoms with E-state index in [2.05, 4.69) is 10.6 Å². The highest BCUT2D eigenvalue weighted by Crippen LogP contribution is 2.42. The highest BCUT2D eigenvalue weighted by Gasteiger charge is 2.55. The lowest BCUT2D eigenvalue weighted by molar-refractivity contribution is -0.319. The van der Waals surface area contributed by atoms with Crippen LogP contribution in [0.3, 0.4) is 0 Å². The van der Waals surface area contributed by atoms with E-state index in [1.807, 2.05) is 51.0 Å². The zero-order valence-electron chi connectivity index (χ0n) is 43.9. The number of ketones is 1. The number of esters is 1. The lowest BCUT2D eigenvalue weighted by atomic mass is 9.74. The molecule has 0 aliphatic carbocycles. The highest BCUT2D eigenvalue weighted by atomic mass is 35.5. The number of halogens is 1. The number of ether oxygens (including phenoxy) is 8. The number of aliphatic hydroxyl groups is 3. The van der Waals surface area contributed by atoms with Crippen LogP contribution in [0.1, 0.15) is 113 Å². The quantitative estimate of drug-likeness (QED) is 0.109. The van der Waals surface area contributed by atoms with E-state index in [0.717, 1.165) is 5.56 Å². The van der Waals surface area contributed by atoms with Crippen LogP contribution in [0.25, 0.3) is 0 Å². The van der Waals surface area contributed by atoms with Crippen LogP contribution in [0.15, 0.2) is 24.3 Å². The van der Waals surface area contributed by atoms with Gasteiger partial charge >= 0.3 is 12.1 Å². The smallest absolute Gasteiger partial charge is 0.407 e. The highest BCUT2D eigenvalue weighted by molar-refractivity contribution is 6.31. The second-order valence-corrected chi connectivity index (χ2v) is 21.1. The molecule has 1 aromatic rings. The summed E-state index contributed by atoms with van der Waals surface area (Å²) in [5.74, 6) is -4.98. The van der Waals surface area contributed by atoms with Crippen molar-refractivity contribution in [3.63, 3.8) is 0 Å². The molecule has 1 aromatic carbocycles. The van der Waals surface area contributed by atoms with Gasteiger partial charge < -0.3 is 68.7 Å². The first-order chi connectivity index (χ1) is 32.7. The Kier molecular flexibility index (Phi) is 21.9. The predicted octanol–water partition coefficient (Wildman–Crippen LogP) is 4.97. The van der Waals surface area contributed by atoms with Gasteiger partial charge in [0.05, 0.1) is 42.0 Å². The minimum atomic E-state index is -2.02. The lowest BCUT2D eigenvalue weighted by Gasteiger charge is -2.50. The van der Waals surface area contributed by atoms with Crippen molar-refractivity contribution in [1.82, 2.24) is 15.5 Å². The fourth-order valence-electron chi connectivity index (χ4n) is 10.5. The van der Waals surface area contributed by atoms with Gasteiger partial charge in [-0.05, 0) is 99.4 Å². The van der Waals surface area contributed by atoms with Gasteiger partial charge in [-0.1, -0.05) is 57.5 Å². The first-order valence-corrected chi connectivity index (χ1v) is 25.3. The number of likely N-dealkylation sites (N-methyl/N-ethyl adjacent to an activating group) is 1. The van der Waals surface area contributed by atoms with Gasteiger partial charge in [-0.3, -0.25) is 14.4 Å². The van der Waals surface area contributed by atoms with Crippen LogP contribution >= 0.6 is 11.6 Å². The Morgan fingerprint density at radius 3 is 2.14 bits per heavy atom. The summed E-state index contributed by atoms with van der Waals surface area (Å²) in [6, 6.07) is 7.12. The van der Waals surface area contributed by atoms with E-state index in [4.69, 9.17) is 49.5 Å². The number of cyclic esters (lactones) is 1. The largest absolute Gasteiger partial charge is 0.459 e. The van der Waals surface area contributed by atoms with Crippen LogP contribution < -0.4 is 10.6 Å². The molecule has 400 valence electrons. The molecular formula is C51H84ClN3O15. The van der Waals surface area contributed by atoms with Crippen molar-refractivity contribution in [2.75, 3.05) is 41.4 Å². The molecule has 0 unspecified atom stereocenters. The average Bonchev–Trinajstić information content (AvgIpc) is 3.31. The number of nitrogens with one attached hydrogen (secondary N) is 2. The van der Waals surface area contributed by atoms with Gasteiger partial charge in [-0.15, -0.1) is 0 Å². The Hall–Kier alpha value is -3.01. The third-order valence-corrected chi connectivity index (χ3v) is 15.4. The van der Waals surface area contributed by atoms with Crippen LogP contribution in [0.2, 0.25) is 5.02 Å². The summed E-state index contributed by atoms with van der Waals surface area (Å²) in [6.07, 6.45) is -9.24. The second-order valence-electron chi connectivity index (χ2n) is 20.7. The molecule has 4 rings (SSSR count). The van der Waals surface area contributed by atoms with E-state index in [1.54, 1.807) is 47.6 Å². The van der Waals surface area contributed by atoms with Crippen LogP contribution in [0.4, 0.5) is 4.79 Å². The van der Waals surface area contributed by atoms with Gasteiger partial charge in [0, 0.05) is 69.0 Å². The van der Waals surface area contributed by atoms with Crippen molar-refractivity contribution in [1.29, 1.82) is 0 Å². The number of methoxy groups -OCH3 is 2. The first-order valence-electron chi connectivity index (χ1n) is 24.9. The van der Waals surface area contributed by atoms with Crippen LogP contribution in [0.5, 0.6) is 0 Å². The van der Waals surface area contributed by atoms with Crippen molar-refractivity contribution in [2.24, 2.45) is 23.7 Å². The molecule has 3 saturated heterocycles. The average molecular weight is 1010 g/mol. The van der Waals surface area contributed by atoms with E-state index >= 15 is 0 Å². The predicted molar refractivity (Wildman–Crippen MR) is 261 cm³/mol. The van der Waals surface area contributed by atoms with Crippen molar-refractivity contribution in [3.8, 4) is 0 Å². The number of Topliss-reactive ketones (excluding diaryl/α,β-unsaturated/α-hetero) is 1. The summed E-state index contributed by atoms with van der Waals surface area (Å²) in [4.78, 5) is 56.3. The Labute approximate surface area is 420 Å². The molecule has 3 aliphatic rings. The van der Waals surface area contributed by atoms with Gasteiger partial charge in [-0.25, -0.2) is 4.79 Å². The maximum absolute atomic E-state index is 14.5. The molecule has 18 nitrogen and oxygen atoms in total. The third kappa shape index (κ3) is 14.6. The van der Waals surface area contributed by atoms with E-state index in [-0.39, 0.29) is 56.1 Å². The fraction of sp³-hybridized carbons (Fsp3) is 0.804. The molecule has 18 atom stereocenters. The minimum Gasteiger partial charge on any atom is -0.459 e. The van der Waals surface area contributed by atoms with E-state index in [0.29, 0.717) is 30.8 Å². The van der Waals surface area contributed by atoms with Crippen LogP contribution in [-0.4, -0.2) is 170 Å². The molecule has 3 heterocycles. The van der Waals surface area contributed by atoms with Crippen molar-refractivity contribution in [3.05, 3.63) is 34.9 Å². The maximum atomic E-state index is 14.5. The summed E-state index contributed by atoms with van der Waals surface area (Å²) < 4.78 is 50.9. The number of hydrogen-bond acceptors (Lipinski definition) is 16. The fourth-order valence-corrected chi connectivity index (χ4v) is 10.7. The van der Waals surface area contributed by atoms with Crippen molar-refractivity contribution >= 4 is 35.4 Å². The molecule has 0 saturated carbocycles. The van der Waals surface area contributed by atoms with Crippen LogP contribution in [-0.2, 0) is 58.7 Å². The maximum Gasteiger partial charge on any atom is 0.407 e. The van der Waals surface area contributed by atoms with E-state index in [9.17, 15) is 34.5 Å². The molecule has 19 heteroatoms. The molecular weight excluding hydrogens is 930 g/mol. The SMILES string of the molecule is CC[C@H]1OC(=O)[C@H](C)[C@@H](O[C@H]2C[C@@](C)(OC)[C@@H](OC(=O)NCCCC(=O)NCCc3ccccc3Cl)[C@H](C)O2)[C@H](C)[C@@H](O[C@@H]2O[C@H](C)C[C@H](N(C)C)[C@H]2O)[C@](C)(OC)C[C@@H](C)C(=O)[C@H](C)[C@@H](O)[C@]1(C)O. The monoisotopic (exact) mass is 1010 g/mol. The van der Waals surface area contributed by atoms with Crippen LogP contribution in [0, 0.1) is 23.7 Å². The Balaban J connectivity index is 1.61. The summed E-state index contributed by atoms with van der Waals surface area (Å²) >= 11 is 6.23. The van der Waals surface area contributed by atoms with Gasteiger partial charge in [0.15, 0.2) is 18.7 Å². The molecule has 0 radical (unpaired) electrons. The van der Waals surface area contributed by atoms with Gasteiger partial charge in [0.1, 0.15) is 29.2 Å². The molecule has 70 heavy (non-hydrogen) atoms. The Bertz CT molecular complexity index is 1880. The second kappa shape index (κ2) is 25.8. The van der Waals surface area contributed by atoms with Gasteiger partial charge in [0.2, 0.25) is 5.91 Å². The Morgan fingerprint density at radius 2 is 1.53 bits per heavy atom. The number of benzene rings is 1. The van der Waals surface area contributed by atoms with Gasteiger partial charge in [-0.2, -0.15) is 0 Å². The number of alkyl carbamates (subject to hydrolysis) is 1. The zero-order chi connectivity index (χ0) is 52.5. The number of carbonyl (C=O) groups is 4. The summed E-state index contributed by atoms with van der Waals surface area (Å²) in [5.41, 5.74) is -3.59. The minimum absolute atomic E-state index is 0.0204. The standard InChI is InChI=1S/C51H84ClN3O15/c1-15-37-51(10,62)43(59)30(4)40(57)28(2)26-49(8,63-13)44(69-47-41(58)36(55(11)12)25-29(3)65-47)31(5)42(32(6)46(60)67-37)68-39-27-50(9,64-14)45(33(7)66-39)70-48(61)54-23-18-21-38(56)53-24-22-34-19-16-17-20-35(34)52/h16-17,19-20,28-33,36-37,39,41-45,47,58-59,62H,15,18,21-27H2,1-14H3,(H,53,56)(H,54,61)/t28-,29-,30+,31+,32-,33+,36+,37-,39+,41-,42+,43-,44-,45+,47+,49-,50-,51-/m1/s1. The van der Waals surface area contributed by atoms with Crippen molar-refractivity contribution < 1.29 is 72.4 Å². The molecule has 0 spiro atoms. The molecule has 0 aromatic heterocycles. The zero-order valence-corrected chi connectivity index (χ0v) is 44.7. The van der Waals surface area contributed by atoms with E-state index in [1.165, 1.54) is 28.1 Å². The number of hydrogen-bond donors (Lipinski definition) is 5. The first kappa shape index (κ1) is 59.6. The molecule has 5 N–H and O–H groups in total. The third-order valence-electron chi connectivity index (χ3n) is 15.0. The number of carbonyl (C=O) groups excluding carboxylic acids is 4. The Morgan fingerprint density at radius 1 is 0.886 bits per heavy atom. The van der Waals surface area contributed by atoms with Gasteiger partial charge in [0.25, 0.3) is 0 Å². The number of aliphatic hydroxyl groups excluding tert-OH is 2. The summed E-state index contributed by atoms with van der Waals surface area (Å²) in [6.45, 7) is 17.5.